The van der Waals surface area contributed by atoms with Crippen molar-refractivity contribution < 1.29 is 9.53 Å². The molecular weight excluding hydrogens is 276 g/mol. The van der Waals surface area contributed by atoms with Crippen molar-refractivity contribution in [2.24, 2.45) is 0 Å². The second-order valence-corrected chi connectivity index (χ2v) is 6.09. The summed E-state index contributed by atoms with van der Waals surface area (Å²) in [5.41, 5.74) is 0. The van der Waals surface area contributed by atoms with Gasteiger partial charge in [0.05, 0.1) is 0 Å². The first-order chi connectivity index (χ1) is 10.8. The molecule has 2 N–H and O–H groups in total. The van der Waals surface area contributed by atoms with E-state index in [-0.39, 0.29) is 5.91 Å². The highest BCUT2D eigenvalue weighted by molar-refractivity contribution is 5.75. The van der Waals surface area contributed by atoms with E-state index in [0.29, 0.717) is 6.42 Å². The molecule has 0 aliphatic carbocycles. The molecule has 0 aromatic heterocycles. The summed E-state index contributed by atoms with van der Waals surface area (Å²) < 4.78 is 5.03. The zero-order valence-electron chi connectivity index (χ0n) is 14.9. The van der Waals surface area contributed by atoms with E-state index < -0.39 is 0 Å². The van der Waals surface area contributed by atoms with E-state index in [9.17, 15) is 4.79 Å². The highest BCUT2D eigenvalue weighted by atomic mass is 16.5. The van der Waals surface area contributed by atoms with Crippen molar-refractivity contribution in [1.29, 1.82) is 0 Å². The number of carbonyl (C=O) groups is 1. The number of methoxy groups -OCH3 is 1. The first-order valence-corrected chi connectivity index (χ1v) is 9.21. The van der Waals surface area contributed by atoms with E-state index in [1.54, 1.807) is 7.11 Å². The van der Waals surface area contributed by atoms with E-state index >= 15 is 0 Å². The molecular formula is C18H38N2O2. The highest BCUT2D eigenvalue weighted by Crippen LogP contribution is 2.08. The smallest absolute Gasteiger partial charge is 0.219 e. The second-order valence-electron chi connectivity index (χ2n) is 6.09. The van der Waals surface area contributed by atoms with E-state index in [0.717, 1.165) is 32.5 Å². The van der Waals surface area contributed by atoms with Crippen LogP contribution in [-0.2, 0) is 9.53 Å². The number of nitrogens with one attached hydrogen (secondary N) is 2. The van der Waals surface area contributed by atoms with Crippen molar-refractivity contribution in [3.63, 3.8) is 0 Å². The molecule has 0 aliphatic heterocycles. The van der Waals surface area contributed by atoms with Gasteiger partial charge in [-0.3, -0.25) is 4.79 Å². The number of ether oxygens (including phenoxy) is 1. The quantitative estimate of drug-likeness (QED) is 0.403. The van der Waals surface area contributed by atoms with Gasteiger partial charge in [0.25, 0.3) is 0 Å². The predicted octanol–water partition coefficient (Wildman–Crippen LogP) is 3.65. The average molecular weight is 315 g/mol. The molecule has 4 heteroatoms. The third kappa shape index (κ3) is 17.4. The van der Waals surface area contributed by atoms with Crippen molar-refractivity contribution in [1.82, 2.24) is 10.6 Å². The van der Waals surface area contributed by atoms with Gasteiger partial charge in [0.1, 0.15) is 0 Å². The van der Waals surface area contributed by atoms with Gasteiger partial charge >= 0.3 is 0 Å². The number of rotatable bonds is 17. The molecule has 0 heterocycles. The van der Waals surface area contributed by atoms with Crippen molar-refractivity contribution in [2.45, 2.75) is 77.0 Å². The third-order valence-corrected chi connectivity index (χ3v) is 3.93. The molecule has 132 valence electrons. The fourth-order valence-corrected chi connectivity index (χ4v) is 2.51. The monoisotopic (exact) mass is 314 g/mol. The first kappa shape index (κ1) is 21.4. The maximum absolute atomic E-state index is 11.7. The van der Waals surface area contributed by atoms with Gasteiger partial charge in [0, 0.05) is 26.7 Å². The molecule has 0 aromatic carbocycles. The van der Waals surface area contributed by atoms with Gasteiger partial charge in [0.15, 0.2) is 0 Å². The molecule has 0 atom stereocenters. The lowest BCUT2D eigenvalue weighted by Crippen LogP contribution is -2.24. The van der Waals surface area contributed by atoms with Gasteiger partial charge in [0.2, 0.25) is 5.91 Å². The molecule has 22 heavy (non-hydrogen) atoms. The molecule has 0 aliphatic rings. The SMILES string of the molecule is CNCCCCCCNC(=O)CCCCCCCCCOC. The normalized spacial score (nSPS) is 10.8. The predicted molar refractivity (Wildman–Crippen MR) is 94.2 cm³/mol. The van der Waals surface area contributed by atoms with Crippen LogP contribution >= 0.6 is 0 Å². The molecule has 1 amide bonds. The van der Waals surface area contributed by atoms with Gasteiger partial charge in [-0.2, -0.15) is 0 Å². The Labute approximate surface area is 137 Å². The fraction of sp³-hybridized carbons (Fsp3) is 0.944. The molecule has 0 rings (SSSR count). The van der Waals surface area contributed by atoms with E-state index in [1.807, 2.05) is 7.05 Å². The van der Waals surface area contributed by atoms with Gasteiger partial charge in [-0.1, -0.05) is 44.9 Å². The lowest BCUT2D eigenvalue weighted by molar-refractivity contribution is -0.121. The molecule has 0 saturated heterocycles. The van der Waals surface area contributed by atoms with E-state index in [1.165, 1.54) is 57.8 Å². The number of hydrogen-bond donors (Lipinski definition) is 2. The zero-order chi connectivity index (χ0) is 16.3. The molecule has 0 radical (unpaired) electrons. The minimum atomic E-state index is 0.232. The Kier molecular flexibility index (Phi) is 17.9. The molecule has 0 bridgehead atoms. The number of unbranched alkanes of at least 4 members (excludes halogenated alkanes) is 9. The Hall–Kier alpha value is -0.610. The maximum atomic E-state index is 11.7. The summed E-state index contributed by atoms with van der Waals surface area (Å²) >= 11 is 0. The van der Waals surface area contributed by atoms with Crippen LogP contribution in [0, 0.1) is 0 Å². The fourth-order valence-electron chi connectivity index (χ4n) is 2.51. The molecule has 0 spiro atoms. The summed E-state index contributed by atoms with van der Waals surface area (Å²) in [6.45, 7) is 2.83. The summed E-state index contributed by atoms with van der Waals surface area (Å²) in [5, 5.41) is 6.18. The minimum absolute atomic E-state index is 0.232. The molecule has 0 unspecified atom stereocenters. The van der Waals surface area contributed by atoms with Crippen LogP contribution in [0.3, 0.4) is 0 Å². The van der Waals surface area contributed by atoms with Crippen LogP contribution in [0.25, 0.3) is 0 Å². The Balaban J connectivity index is 3.13. The van der Waals surface area contributed by atoms with Crippen LogP contribution in [0.5, 0.6) is 0 Å². The molecule has 0 saturated carbocycles. The van der Waals surface area contributed by atoms with Crippen molar-refractivity contribution in [3.8, 4) is 0 Å². The highest BCUT2D eigenvalue weighted by Gasteiger charge is 2.00. The Morgan fingerprint density at radius 2 is 1.32 bits per heavy atom. The zero-order valence-corrected chi connectivity index (χ0v) is 14.9. The summed E-state index contributed by atoms with van der Waals surface area (Å²) in [5.74, 6) is 0.232. The Bertz CT molecular complexity index is 235. The van der Waals surface area contributed by atoms with Gasteiger partial charge < -0.3 is 15.4 Å². The largest absolute Gasteiger partial charge is 0.385 e. The summed E-state index contributed by atoms with van der Waals surface area (Å²) in [7, 11) is 3.75. The van der Waals surface area contributed by atoms with Crippen LogP contribution in [0.4, 0.5) is 0 Å². The molecule has 0 aromatic rings. The number of carbonyl (C=O) groups excluding carboxylic acids is 1. The maximum Gasteiger partial charge on any atom is 0.219 e. The lowest BCUT2D eigenvalue weighted by Gasteiger charge is -2.05. The van der Waals surface area contributed by atoms with Crippen molar-refractivity contribution >= 4 is 5.91 Å². The topological polar surface area (TPSA) is 50.4 Å². The molecule has 4 nitrogen and oxygen atoms in total. The third-order valence-electron chi connectivity index (χ3n) is 3.93. The second kappa shape index (κ2) is 18.4. The van der Waals surface area contributed by atoms with E-state index in [2.05, 4.69) is 10.6 Å². The number of hydrogen-bond acceptors (Lipinski definition) is 3. The van der Waals surface area contributed by atoms with Crippen LogP contribution in [0.1, 0.15) is 77.0 Å². The summed E-state index contributed by atoms with van der Waals surface area (Å²) in [4.78, 5) is 11.7. The van der Waals surface area contributed by atoms with Gasteiger partial charge in [-0.25, -0.2) is 0 Å². The Morgan fingerprint density at radius 1 is 0.773 bits per heavy atom. The van der Waals surface area contributed by atoms with Crippen molar-refractivity contribution in [2.75, 3.05) is 33.9 Å². The average Bonchev–Trinajstić information content (AvgIpc) is 2.52. The van der Waals surface area contributed by atoms with Crippen LogP contribution in [0.2, 0.25) is 0 Å². The van der Waals surface area contributed by atoms with Gasteiger partial charge in [-0.15, -0.1) is 0 Å². The lowest BCUT2D eigenvalue weighted by atomic mass is 10.1. The van der Waals surface area contributed by atoms with Crippen LogP contribution < -0.4 is 10.6 Å². The van der Waals surface area contributed by atoms with Crippen molar-refractivity contribution in [3.05, 3.63) is 0 Å². The first-order valence-electron chi connectivity index (χ1n) is 9.21. The number of amides is 1. The Morgan fingerprint density at radius 3 is 1.95 bits per heavy atom. The van der Waals surface area contributed by atoms with Crippen LogP contribution in [0.15, 0.2) is 0 Å². The minimum Gasteiger partial charge on any atom is -0.385 e. The standard InChI is InChI=1S/C18H38N2O2/c1-19-15-11-7-8-12-16-20-18(21)14-10-6-4-3-5-9-13-17-22-2/h19H,3-17H2,1-2H3,(H,20,21). The summed E-state index contributed by atoms with van der Waals surface area (Å²) in [6, 6.07) is 0. The molecule has 0 fully saturated rings. The van der Waals surface area contributed by atoms with Crippen LogP contribution in [-0.4, -0.2) is 39.8 Å². The summed E-state index contributed by atoms with van der Waals surface area (Å²) in [6.07, 6.45) is 14.0. The van der Waals surface area contributed by atoms with Gasteiger partial charge in [-0.05, 0) is 39.3 Å². The van der Waals surface area contributed by atoms with E-state index in [4.69, 9.17) is 4.74 Å².